The lowest BCUT2D eigenvalue weighted by Crippen LogP contribution is -2.45. The van der Waals surface area contributed by atoms with Gasteiger partial charge in [-0.2, -0.15) is 0 Å². The van der Waals surface area contributed by atoms with E-state index in [0.29, 0.717) is 37.9 Å². The zero-order valence-corrected chi connectivity index (χ0v) is 19.3. The Morgan fingerprint density at radius 1 is 1.03 bits per heavy atom. The number of hydrogen-bond acceptors (Lipinski definition) is 3. The van der Waals surface area contributed by atoms with Crippen molar-refractivity contribution in [3.63, 3.8) is 0 Å². The summed E-state index contributed by atoms with van der Waals surface area (Å²) < 4.78 is 5.26. The highest BCUT2D eigenvalue weighted by molar-refractivity contribution is 7.80. The molecule has 1 amide bonds. The van der Waals surface area contributed by atoms with Gasteiger partial charge in [0.25, 0.3) is 5.91 Å². The van der Waals surface area contributed by atoms with E-state index in [1.54, 1.807) is 25.3 Å². The van der Waals surface area contributed by atoms with E-state index < -0.39 is 6.04 Å². The molecule has 4 rings (SSSR count). The lowest BCUT2D eigenvalue weighted by atomic mass is 9.92. The number of thiocarbonyl (C=S) groups is 1. The highest BCUT2D eigenvalue weighted by Gasteiger charge is 2.32. The third-order valence-electron chi connectivity index (χ3n) is 5.01. The predicted molar refractivity (Wildman–Crippen MR) is 133 cm³/mol. The second kappa shape index (κ2) is 9.61. The van der Waals surface area contributed by atoms with Gasteiger partial charge in [0.2, 0.25) is 0 Å². The Balaban J connectivity index is 1.83. The maximum Gasteiger partial charge on any atom is 0.256 e. The quantitative estimate of drug-likeness (QED) is 0.414. The average Bonchev–Trinajstić information content (AvgIpc) is 2.81. The van der Waals surface area contributed by atoms with Gasteiger partial charge >= 0.3 is 0 Å². The molecule has 0 radical (unpaired) electrons. The molecule has 0 spiro atoms. The molecule has 0 fully saturated rings. The number of nitrogens with one attached hydrogen (secondary N) is 3. The van der Waals surface area contributed by atoms with Crippen molar-refractivity contribution in [2.75, 3.05) is 12.4 Å². The summed E-state index contributed by atoms with van der Waals surface area (Å²) in [4.78, 5) is 13.6. The fourth-order valence-corrected chi connectivity index (χ4v) is 4.15. The molecule has 0 bridgehead atoms. The Morgan fingerprint density at radius 2 is 1.75 bits per heavy atom. The molecule has 0 aliphatic carbocycles. The number of benzene rings is 3. The van der Waals surface area contributed by atoms with E-state index in [0.717, 1.165) is 11.1 Å². The Morgan fingerprint density at radius 3 is 2.41 bits per heavy atom. The molecule has 162 valence electrons. The van der Waals surface area contributed by atoms with Gasteiger partial charge in [0, 0.05) is 5.02 Å². The van der Waals surface area contributed by atoms with E-state index in [1.807, 2.05) is 54.6 Å². The number of carbonyl (C=O) groups excluding carboxylic acids is 1. The minimum absolute atomic E-state index is 0.323. The van der Waals surface area contributed by atoms with Gasteiger partial charge in [-0.1, -0.05) is 53.5 Å². The second-order valence-electron chi connectivity index (χ2n) is 7.04. The molecular weight excluding hydrogens is 465 g/mol. The lowest BCUT2D eigenvalue weighted by molar-refractivity contribution is -0.113. The molecular formula is C24H19Cl2N3O2S. The number of amides is 1. The molecule has 3 N–H and O–H groups in total. The van der Waals surface area contributed by atoms with E-state index in [9.17, 15) is 4.79 Å². The summed E-state index contributed by atoms with van der Waals surface area (Å²) in [6.45, 7) is 0. The Kier molecular flexibility index (Phi) is 6.65. The maximum absolute atomic E-state index is 13.6. The fraction of sp³-hybridized carbons (Fsp3) is 0.0833. The lowest BCUT2D eigenvalue weighted by Gasteiger charge is -2.32. The smallest absolute Gasteiger partial charge is 0.256 e. The van der Waals surface area contributed by atoms with Crippen LogP contribution in [0.4, 0.5) is 5.69 Å². The van der Waals surface area contributed by atoms with E-state index in [4.69, 9.17) is 40.2 Å². The number of hydrogen-bond donors (Lipinski definition) is 3. The molecule has 1 unspecified atom stereocenters. The average molecular weight is 484 g/mol. The van der Waals surface area contributed by atoms with Crippen molar-refractivity contribution >= 4 is 57.8 Å². The zero-order valence-electron chi connectivity index (χ0n) is 17.0. The molecule has 0 aromatic heterocycles. The van der Waals surface area contributed by atoms with Crippen LogP contribution in [0, 0.1) is 0 Å². The molecule has 1 heterocycles. The normalized spacial score (nSPS) is 15.6. The largest absolute Gasteiger partial charge is 0.497 e. The van der Waals surface area contributed by atoms with Gasteiger partial charge in [-0.15, -0.1) is 0 Å². The van der Waals surface area contributed by atoms with Crippen LogP contribution in [0.3, 0.4) is 0 Å². The van der Waals surface area contributed by atoms with Crippen LogP contribution in [0.5, 0.6) is 5.75 Å². The van der Waals surface area contributed by atoms with E-state index in [1.165, 1.54) is 0 Å². The van der Waals surface area contributed by atoms with E-state index in [2.05, 4.69) is 16.0 Å². The summed E-state index contributed by atoms with van der Waals surface area (Å²) in [7, 11) is 1.60. The van der Waals surface area contributed by atoms with Crippen LogP contribution in [0.1, 0.15) is 17.2 Å². The van der Waals surface area contributed by atoms with Crippen LogP contribution < -0.4 is 20.7 Å². The zero-order chi connectivity index (χ0) is 22.7. The summed E-state index contributed by atoms with van der Waals surface area (Å²) in [6.07, 6.45) is 0. The monoisotopic (exact) mass is 483 g/mol. The standard InChI is InChI=1S/C24H19Cl2N3O2S/c1-31-17-10-7-15(8-11-17)22-20(23(30)27-19-12-9-16(25)13-18(19)26)21(28-24(32)29-22)14-5-3-2-4-6-14/h2-13,21H,1H3,(H,27,30)(H2,28,29,32). The van der Waals surface area contributed by atoms with Gasteiger partial charge in [-0.25, -0.2) is 0 Å². The molecule has 5 nitrogen and oxygen atoms in total. The minimum atomic E-state index is -0.465. The molecule has 8 heteroatoms. The topological polar surface area (TPSA) is 62.4 Å². The Hall–Kier alpha value is -3.06. The van der Waals surface area contributed by atoms with Gasteiger partial charge < -0.3 is 20.7 Å². The Labute approximate surface area is 201 Å². The van der Waals surface area contributed by atoms with Crippen molar-refractivity contribution < 1.29 is 9.53 Å². The summed E-state index contributed by atoms with van der Waals surface area (Å²) in [5.41, 5.74) is 3.23. The van der Waals surface area contributed by atoms with E-state index >= 15 is 0 Å². The first-order valence-corrected chi connectivity index (χ1v) is 10.9. The van der Waals surface area contributed by atoms with Crippen LogP contribution in [0.15, 0.2) is 78.4 Å². The third-order valence-corrected chi connectivity index (χ3v) is 5.78. The first-order chi connectivity index (χ1) is 15.5. The highest BCUT2D eigenvalue weighted by Crippen LogP contribution is 2.34. The molecule has 1 aliphatic rings. The first-order valence-electron chi connectivity index (χ1n) is 9.73. The number of ether oxygens (including phenoxy) is 1. The van der Waals surface area contributed by atoms with Crippen LogP contribution in [0.2, 0.25) is 10.0 Å². The maximum atomic E-state index is 13.6. The molecule has 3 aromatic carbocycles. The van der Waals surface area contributed by atoms with Crippen molar-refractivity contribution in [1.29, 1.82) is 0 Å². The van der Waals surface area contributed by atoms with Crippen LogP contribution in [-0.4, -0.2) is 18.1 Å². The molecule has 1 atom stereocenters. The van der Waals surface area contributed by atoms with Crippen LogP contribution in [0.25, 0.3) is 5.70 Å². The SMILES string of the molecule is COc1ccc(C2=C(C(=O)Nc3ccc(Cl)cc3Cl)C(c3ccccc3)NC(=S)N2)cc1. The van der Waals surface area contributed by atoms with Gasteiger partial charge in [0.1, 0.15) is 5.75 Å². The Bertz CT molecular complexity index is 1200. The number of anilines is 1. The highest BCUT2D eigenvalue weighted by atomic mass is 35.5. The van der Waals surface area contributed by atoms with Crippen molar-refractivity contribution in [3.05, 3.63) is 99.5 Å². The number of methoxy groups -OCH3 is 1. The van der Waals surface area contributed by atoms with Crippen molar-refractivity contribution in [2.24, 2.45) is 0 Å². The van der Waals surface area contributed by atoms with Gasteiger partial charge in [-0.3, -0.25) is 4.79 Å². The van der Waals surface area contributed by atoms with E-state index in [-0.39, 0.29) is 5.91 Å². The summed E-state index contributed by atoms with van der Waals surface area (Å²) in [5, 5.41) is 10.5. The van der Waals surface area contributed by atoms with Crippen LogP contribution in [-0.2, 0) is 4.79 Å². The molecule has 0 saturated carbocycles. The number of halogens is 2. The fourth-order valence-electron chi connectivity index (χ4n) is 3.47. The summed E-state index contributed by atoms with van der Waals surface area (Å²) in [6, 6.07) is 21.5. The molecule has 32 heavy (non-hydrogen) atoms. The van der Waals surface area contributed by atoms with Gasteiger partial charge in [0.15, 0.2) is 5.11 Å². The number of carbonyl (C=O) groups is 1. The minimum Gasteiger partial charge on any atom is -0.497 e. The molecule has 3 aromatic rings. The predicted octanol–water partition coefficient (Wildman–Crippen LogP) is 5.57. The summed E-state index contributed by atoms with van der Waals surface area (Å²) >= 11 is 17.8. The van der Waals surface area contributed by atoms with Crippen molar-refractivity contribution in [3.8, 4) is 5.75 Å². The van der Waals surface area contributed by atoms with Crippen LogP contribution >= 0.6 is 35.4 Å². The second-order valence-corrected chi connectivity index (χ2v) is 8.29. The molecule has 0 saturated heterocycles. The molecule has 1 aliphatic heterocycles. The third kappa shape index (κ3) is 4.72. The van der Waals surface area contributed by atoms with Crippen molar-refractivity contribution in [2.45, 2.75) is 6.04 Å². The van der Waals surface area contributed by atoms with Gasteiger partial charge in [0.05, 0.1) is 35.1 Å². The number of rotatable bonds is 5. The van der Waals surface area contributed by atoms with Gasteiger partial charge in [-0.05, 0) is 65.8 Å². The van der Waals surface area contributed by atoms with Crippen molar-refractivity contribution in [1.82, 2.24) is 10.6 Å². The first kappa shape index (κ1) is 22.1. The summed E-state index contributed by atoms with van der Waals surface area (Å²) in [5.74, 6) is 0.390.